The molecule has 0 aliphatic carbocycles. The lowest BCUT2D eigenvalue weighted by Crippen LogP contribution is -2.23. The summed E-state index contributed by atoms with van der Waals surface area (Å²) in [5, 5.41) is 10.5. The summed E-state index contributed by atoms with van der Waals surface area (Å²) in [6.45, 7) is 0.506. The van der Waals surface area contributed by atoms with Crippen LogP contribution in [-0.4, -0.2) is 30.0 Å². The van der Waals surface area contributed by atoms with E-state index in [1.54, 1.807) is 37.4 Å². The van der Waals surface area contributed by atoms with Crippen molar-refractivity contribution in [3.63, 3.8) is 0 Å². The molecule has 0 bridgehead atoms. The molecule has 0 fully saturated rings. The molecule has 1 N–H and O–H groups in total. The van der Waals surface area contributed by atoms with Gasteiger partial charge in [0.2, 0.25) is 12.7 Å². The first kappa shape index (κ1) is 15.9. The van der Waals surface area contributed by atoms with Gasteiger partial charge in [-0.25, -0.2) is 0 Å². The molecule has 8 heteroatoms. The zero-order chi connectivity index (χ0) is 17.9. The van der Waals surface area contributed by atoms with Gasteiger partial charge in [0, 0.05) is 12.1 Å². The van der Waals surface area contributed by atoms with Crippen molar-refractivity contribution in [2.45, 2.75) is 6.54 Å². The maximum atomic E-state index is 12.2. The number of ether oxygens (including phenoxy) is 3. The lowest BCUT2D eigenvalue weighted by Gasteiger charge is -2.04. The minimum atomic E-state index is -0.454. The number of aromatic nitrogens is 2. The van der Waals surface area contributed by atoms with Crippen molar-refractivity contribution in [2.75, 3.05) is 13.9 Å². The van der Waals surface area contributed by atoms with E-state index in [-0.39, 0.29) is 18.6 Å². The van der Waals surface area contributed by atoms with E-state index in [0.29, 0.717) is 29.4 Å². The first-order valence-electron chi connectivity index (χ1n) is 7.87. The Morgan fingerprint density at radius 2 is 2.04 bits per heavy atom. The number of benzene rings is 2. The molecular formula is C18H15N3O5. The summed E-state index contributed by atoms with van der Waals surface area (Å²) >= 11 is 0. The number of amides is 1. The summed E-state index contributed by atoms with van der Waals surface area (Å²) in [7, 11) is 1.57. The standard InChI is InChI=1S/C18H15N3O5/c1-23-13-4-2-3-12(8-13)17-20-21-18(26-17)16(22)19-9-11-5-6-14-15(7-11)25-10-24-14/h2-8H,9-10H2,1H3,(H,19,22). The van der Waals surface area contributed by atoms with Gasteiger partial charge in [-0.1, -0.05) is 12.1 Å². The van der Waals surface area contributed by atoms with Crippen molar-refractivity contribution >= 4 is 5.91 Å². The summed E-state index contributed by atoms with van der Waals surface area (Å²) in [5.74, 6) is 1.70. The van der Waals surface area contributed by atoms with Crippen LogP contribution in [0.2, 0.25) is 0 Å². The number of methoxy groups -OCH3 is 1. The van der Waals surface area contributed by atoms with Gasteiger partial charge in [-0.3, -0.25) is 4.79 Å². The van der Waals surface area contributed by atoms with Crippen molar-refractivity contribution in [3.8, 4) is 28.7 Å². The summed E-state index contributed by atoms with van der Waals surface area (Å²) in [6, 6.07) is 12.6. The number of nitrogens with zero attached hydrogens (tertiary/aromatic N) is 2. The van der Waals surface area contributed by atoms with Gasteiger partial charge in [-0.05, 0) is 35.9 Å². The topological polar surface area (TPSA) is 95.7 Å². The van der Waals surface area contributed by atoms with E-state index >= 15 is 0 Å². The van der Waals surface area contributed by atoms with Gasteiger partial charge in [0.15, 0.2) is 11.5 Å². The van der Waals surface area contributed by atoms with Gasteiger partial charge in [0.25, 0.3) is 0 Å². The van der Waals surface area contributed by atoms with Gasteiger partial charge >= 0.3 is 11.8 Å². The van der Waals surface area contributed by atoms with Crippen LogP contribution in [0.15, 0.2) is 46.9 Å². The summed E-state index contributed by atoms with van der Waals surface area (Å²) < 4.78 is 21.2. The van der Waals surface area contributed by atoms with Crippen molar-refractivity contribution in [3.05, 3.63) is 53.9 Å². The Hall–Kier alpha value is -3.55. The number of rotatable bonds is 5. The minimum Gasteiger partial charge on any atom is -0.497 e. The van der Waals surface area contributed by atoms with Crippen LogP contribution in [0.1, 0.15) is 16.2 Å². The molecule has 0 saturated heterocycles. The number of carbonyl (C=O) groups is 1. The zero-order valence-electron chi connectivity index (χ0n) is 13.9. The Labute approximate surface area is 148 Å². The molecule has 3 aromatic rings. The number of nitrogens with one attached hydrogen (secondary N) is 1. The lowest BCUT2D eigenvalue weighted by molar-refractivity contribution is 0.0916. The Balaban J connectivity index is 1.43. The van der Waals surface area contributed by atoms with Gasteiger partial charge < -0.3 is 23.9 Å². The molecule has 0 spiro atoms. The molecule has 0 saturated carbocycles. The fourth-order valence-corrected chi connectivity index (χ4v) is 2.50. The van der Waals surface area contributed by atoms with E-state index < -0.39 is 5.91 Å². The number of fused-ring (bicyclic) bond motifs is 1. The van der Waals surface area contributed by atoms with Crippen LogP contribution in [0.3, 0.4) is 0 Å². The van der Waals surface area contributed by atoms with Crippen molar-refractivity contribution in [1.82, 2.24) is 15.5 Å². The van der Waals surface area contributed by atoms with Crippen LogP contribution in [0, 0.1) is 0 Å². The fraction of sp³-hybridized carbons (Fsp3) is 0.167. The maximum Gasteiger partial charge on any atom is 0.309 e. The third-order valence-electron chi connectivity index (χ3n) is 3.83. The van der Waals surface area contributed by atoms with Crippen molar-refractivity contribution in [1.29, 1.82) is 0 Å². The second-order valence-corrected chi connectivity index (χ2v) is 5.51. The molecule has 0 atom stereocenters. The van der Waals surface area contributed by atoms with E-state index in [2.05, 4.69) is 15.5 Å². The zero-order valence-corrected chi connectivity index (χ0v) is 13.9. The molecule has 1 aliphatic heterocycles. The van der Waals surface area contributed by atoms with Crippen LogP contribution in [-0.2, 0) is 6.54 Å². The summed E-state index contributed by atoms with van der Waals surface area (Å²) in [4.78, 5) is 12.2. The molecule has 2 heterocycles. The highest BCUT2D eigenvalue weighted by Crippen LogP contribution is 2.32. The Kier molecular flexibility index (Phi) is 4.14. The van der Waals surface area contributed by atoms with E-state index in [1.165, 1.54) is 0 Å². The molecule has 4 rings (SSSR count). The predicted molar refractivity (Wildman–Crippen MR) is 90.0 cm³/mol. The van der Waals surface area contributed by atoms with Crippen LogP contribution < -0.4 is 19.5 Å². The fourth-order valence-electron chi connectivity index (χ4n) is 2.50. The van der Waals surface area contributed by atoms with Crippen LogP contribution in [0.25, 0.3) is 11.5 Å². The molecule has 1 aliphatic rings. The molecule has 8 nitrogen and oxygen atoms in total. The molecule has 132 valence electrons. The first-order chi connectivity index (χ1) is 12.7. The molecule has 1 aromatic heterocycles. The van der Waals surface area contributed by atoms with E-state index in [1.807, 2.05) is 12.1 Å². The number of hydrogen-bond donors (Lipinski definition) is 1. The highest BCUT2D eigenvalue weighted by molar-refractivity contribution is 5.89. The minimum absolute atomic E-state index is 0.108. The average Bonchev–Trinajstić information content (AvgIpc) is 3.35. The molecule has 0 radical (unpaired) electrons. The molecule has 26 heavy (non-hydrogen) atoms. The maximum absolute atomic E-state index is 12.2. The Morgan fingerprint density at radius 1 is 1.15 bits per heavy atom. The highest BCUT2D eigenvalue weighted by Gasteiger charge is 2.17. The van der Waals surface area contributed by atoms with Gasteiger partial charge in [0.1, 0.15) is 5.75 Å². The number of hydrogen-bond acceptors (Lipinski definition) is 7. The lowest BCUT2D eigenvalue weighted by atomic mass is 10.2. The molecular weight excluding hydrogens is 338 g/mol. The predicted octanol–water partition coefficient (Wildman–Crippen LogP) is 2.40. The first-order valence-corrected chi connectivity index (χ1v) is 7.87. The third kappa shape index (κ3) is 3.16. The van der Waals surface area contributed by atoms with E-state index in [4.69, 9.17) is 18.6 Å². The van der Waals surface area contributed by atoms with Gasteiger partial charge in [0.05, 0.1) is 7.11 Å². The van der Waals surface area contributed by atoms with Gasteiger partial charge in [-0.15, -0.1) is 10.2 Å². The third-order valence-corrected chi connectivity index (χ3v) is 3.83. The van der Waals surface area contributed by atoms with E-state index in [9.17, 15) is 4.79 Å². The second-order valence-electron chi connectivity index (χ2n) is 5.51. The van der Waals surface area contributed by atoms with Crippen molar-refractivity contribution < 1.29 is 23.4 Å². The van der Waals surface area contributed by atoms with E-state index in [0.717, 1.165) is 5.56 Å². The average molecular weight is 353 g/mol. The largest absolute Gasteiger partial charge is 0.497 e. The SMILES string of the molecule is COc1cccc(-c2nnc(C(=O)NCc3ccc4c(c3)OCO4)o2)c1. The van der Waals surface area contributed by atoms with Crippen LogP contribution in [0.5, 0.6) is 17.2 Å². The number of carbonyl (C=O) groups excluding carboxylic acids is 1. The monoisotopic (exact) mass is 353 g/mol. The highest BCUT2D eigenvalue weighted by atomic mass is 16.7. The quantitative estimate of drug-likeness (QED) is 0.752. The Morgan fingerprint density at radius 3 is 2.92 bits per heavy atom. The smallest absolute Gasteiger partial charge is 0.309 e. The summed E-state index contributed by atoms with van der Waals surface area (Å²) in [6.07, 6.45) is 0. The van der Waals surface area contributed by atoms with Crippen LogP contribution in [0.4, 0.5) is 0 Å². The molecule has 0 unspecified atom stereocenters. The second kappa shape index (κ2) is 6.75. The normalized spacial score (nSPS) is 12.0. The van der Waals surface area contributed by atoms with Crippen LogP contribution >= 0.6 is 0 Å². The van der Waals surface area contributed by atoms with Crippen molar-refractivity contribution in [2.24, 2.45) is 0 Å². The molecule has 1 amide bonds. The Bertz CT molecular complexity index is 954. The van der Waals surface area contributed by atoms with Gasteiger partial charge in [-0.2, -0.15) is 0 Å². The molecule has 2 aromatic carbocycles. The summed E-state index contributed by atoms with van der Waals surface area (Å²) in [5.41, 5.74) is 1.54.